The number of carbonyl (C=O) groups is 1. The molecule has 0 bridgehead atoms. The fourth-order valence-corrected chi connectivity index (χ4v) is 1.62. The maximum Gasteiger partial charge on any atom is 0.336 e. The Kier molecular flexibility index (Phi) is 2.83. The smallest absolute Gasteiger partial charge is 0.336 e. The summed E-state index contributed by atoms with van der Waals surface area (Å²) in [6.07, 6.45) is 3.08. The Morgan fingerprint density at radius 3 is 2.50 bits per heavy atom. The molecule has 0 atom stereocenters. The molecule has 0 fully saturated rings. The molecule has 0 spiro atoms. The lowest BCUT2D eigenvalue weighted by molar-refractivity contribution is 0.0697. The summed E-state index contributed by atoms with van der Waals surface area (Å²) in [5.41, 5.74) is 0.441. The first-order valence-electron chi connectivity index (χ1n) is 4.49. The van der Waals surface area contributed by atoms with Crippen LogP contribution in [0.5, 0.6) is 0 Å². The van der Waals surface area contributed by atoms with Crippen molar-refractivity contribution in [1.82, 2.24) is 9.97 Å². The monoisotopic (exact) mass is 234 g/mol. The molecule has 2 rings (SSSR count). The number of aromatic carboxylic acids is 1. The second-order valence-electron chi connectivity index (χ2n) is 3.04. The maximum absolute atomic E-state index is 11.0. The number of benzene rings is 1. The normalized spacial score (nSPS) is 10.1. The van der Waals surface area contributed by atoms with E-state index in [4.69, 9.17) is 16.7 Å². The molecule has 1 N–H and O–H groups in total. The van der Waals surface area contributed by atoms with E-state index in [1.165, 1.54) is 18.5 Å². The second-order valence-corrected chi connectivity index (χ2v) is 3.45. The summed E-state index contributed by atoms with van der Waals surface area (Å²) < 4.78 is 0. The minimum atomic E-state index is -1.05. The Balaban J connectivity index is 2.68. The number of halogens is 1. The lowest BCUT2D eigenvalue weighted by Gasteiger charge is -2.06. The highest BCUT2D eigenvalue weighted by molar-refractivity contribution is 6.34. The topological polar surface area (TPSA) is 63.1 Å². The standard InChI is InChI=1S/C11H7ClN2O2/c12-8-4-1-3-7(11(15)16)9(8)10-13-5-2-6-14-10/h1-6H,(H,15,16). The summed E-state index contributed by atoms with van der Waals surface area (Å²) in [5, 5.41) is 9.36. The number of hydrogen-bond acceptors (Lipinski definition) is 3. The van der Waals surface area contributed by atoms with Crippen molar-refractivity contribution < 1.29 is 9.90 Å². The van der Waals surface area contributed by atoms with E-state index in [1.54, 1.807) is 18.2 Å². The number of nitrogens with zero attached hydrogens (tertiary/aromatic N) is 2. The van der Waals surface area contributed by atoms with Gasteiger partial charge in [-0.05, 0) is 18.2 Å². The van der Waals surface area contributed by atoms with E-state index >= 15 is 0 Å². The molecule has 0 amide bonds. The third kappa shape index (κ3) is 1.87. The third-order valence-electron chi connectivity index (χ3n) is 2.03. The Labute approximate surface area is 96.6 Å². The Morgan fingerprint density at radius 1 is 1.19 bits per heavy atom. The van der Waals surface area contributed by atoms with Gasteiger partial charge in [-0.1, -0.05) is 17.7 Å². The van der Waals surface area contributed by atoms with Crippen molar-refractivity contribution in [2.45, 2.75) is 0 Å². The molecule has 0 saturated heterocycles. The predicted molar refractivity (Wildman–Crippen MR) is 59.4 cm³/mol. The largest absolute Gasteiger partial charge is 0.478 e. The average Bonchev–Trinajstić information content (AvgIpc) is 2.29. The molecule has 0 unspecified atom stereocenters. The first-order valence-corrected chi connectivity index (χ1v) is 4.87. The van der Waals surface area contributed by atoms with Crippen molar-refractivity contribution in [3.8, 4) is 11.4 Å². The fraction of sp³-hybridized carbons (Fsp3) is 0. The van der Waals surface area contributed by atoms with E-state index < -0.39 is 5.97 Å². The molecule has 0 radical (unpaired) electrons. The molecule has 16 heavy (non-hydrogen) atoms. The van der Waals surface area contributed by atoms with Gasteiger partial charge in [0.2, 0.25) is 0 Å². The summed E-state index contributed by atoms with van der Waals surface area (Å²) in [4.78, 5) is 19.0. The van der Waals surface area contributed by atoms with Gasteiger partial charge in [-0.2, -0.15) is 0 Å². The van der Waals surface area contributed by atoms with Gasteiger partial charge in [0.1, 0.15) is 0 Å². The van der Waals surface area contributed by atoms with Crippen LogP contribution >= 0.6 is 11.6 Å². The highest BCUT2D eigenvalue weighted by Crippen LogP contribution is 2.28. The van der Waals surface area contributed by atoms with Crippen molar-refractivity contribution in [2.75, 3.05) is 0 Å². The quantitative estimate of drug-likeness (QED) is 0.867. The molecule has 4 nitrogen and oxygen atoms in total. The minimum absolute atomic E-state index is 0.0960. The molecule has 1 aromatic heterocycles. The molecular formula is C11H7ClN2O2. The number of carboxylic acids is 1. The second kappa shape index (κ2) is 4.28. The van der Waals surface area contributed by atoms with Crippen LogP contribution in [0.2, 0.25) is 5.02 Å². The van der Waals surface area contributed by atoms with Gasteiger partial charge >= 0.3 is 5.97 Å². The first kappa shape index (κ1) is 10.6. The van der Waals surface area contributed by atoms with Crippen LogP contribution in [0.25, 0.3) is 11.4 Å². The lowest BCUT2D eigenvalue weighted by atomic mass is 10.1. The SMILES string of the molecule is O=C(O)c1cccc(Cl)c1-c1ncccn1. The maximum atomic E-state index is 11.0. The lowest BCUT2D eigenvalue weighted by Crippen LogP contribution is -2.01. The van der Waals surface area contributed by atoms with Crippen LogP contribution in [0, 0.1) is 0 Å². The van der Waals surface area contributed by atoms with Crippen LogP contribution < -0.4 is 0 Å². The number of aromatic nitrogens is 2. The summed E-state index contributed by atoms with van der Waals surface area (Å²) in [7, 11) is 0. The van der Waals surface area contributed by atoms with Gasteiger partial charge in [0.05, 0.1) is 16.1 Å². The Morgan fingerprint density at radius 2 is 1.88 bits per heavy atom. The highest BCUT2D eigenvalue weighted by atomic mass is 35.5. The average molecular weight is 235 g/mol. The van der Waals surface area contributed by atoms with Gasteiger partial charge in [-0.3, -0.25) is 0 Å². The zero-order valence-corrected chi connectivity index (χ0v) is 8.85. The number of hydrogen-bond donors (Lipinski definition) is 1. The van der Waals surface area contributed by atoms with Crippen LogP contribution in [0.1, 0.15) is 10.4 Å². The number of carboxylic acid groups (broad SMARTS) is 1. The summed E-state index contributed by atoms with van der Waals surface area (Å²) in [6.45, 7) is 0. The fourth-order valence-electron chi connectivity index (χ4n) is 1.36. The Hall–Kier alpha value is -1.94. The van der Waals surface area contributed by atoms with Crippen molar-refractivity contribution >= 4 is 17.6 Å². The van der Waals surface area contributed by atoms with E-state index in [2.05, 4.69) is 9.97 Å². The van der Waals surface area contributed by atoms with Crippen LogP contribution in [-0.2, 0) is 0 Å². The van der Waals surface area contributed by atoms with Crippen molar-refractivity contribution in [3.63, 3.8) is 0 Å². The Bertz CT molecular complexity index is 529. The zero-order valence-electron chi connectivity index (χ0n) is 8.09. The van der Waals surface area contributed by atoms with E-state index in [0.717, 1.165) is 0 Å². The number of rotatable bonds is 2. The van der Waals surface area contributed by atoms with E-state index in [0.29, 0.717) is 16.4 Å². The van der Waals surface area contributed by atoms with Crippen molar-refractivity contribution in [2.24, 2.45) is 0 Å². The highest BCUT2D eigenvalue weighted by Gasteiger charge is 2.16. The van der Waals surface area contributed by atoms with Crippen LogP contribution in [0.3, 0.4) is 0 Å². The molecule has 1 aromatic carbocycles. The molecule has 80 valence electrons. The minimum Gasteiger partial charge on any atom is -0.478 e. The molecule has 2 aromatic rings. The van der Waals surface area contributed by atoms with Gasteiger partial charge in [-0.25, -0.2) is 14.8 Å². The van der Waals surface area contributed by atoms with Crippen LogP contribution in [-0.4, -0.2) is 21.0 Å². The molecular weight excluding hydrogens is 228 g/mol. The van der Waals surface area contributed by atoms with Crippen molar-refractivity contribution in [3.05, 3.63) is 47.2 Å². The van der Waals surface area contributed by atoms with Gasteiger partial charge in [0.25, 0.3) is 0 Å². The molecule has 0 saturated carbocycles. The zero-order chi connectivity index (χ0) is 11.5. The van der Waals surface area contributed by atoms with E-state index in [9.17, 15) is 4.79 Å². The van der Waals surface area contributed by atoms with Gasteiger partial charge in [0, 0.05) is 12.4 Å². The van der Waals surface area contributed by atoms with Crippen molar-refractivity contribution in [1.29, 1.82) is 0 Å². The summed E-state index contributed by atoms with van der Waals surface area (Å²) in [6, 6.07) is 6.32. The van der Waals surface area contributed by atoms with Gasteiger partial charge < -0.3 is 5.11 Å². The van der Waals surface area contributed by atoms with E-state index in [1.807, 2.05) is 0 Å². The molecule has 5 heteroatoms. The van der Waals surface area contributed by atoms with Gasteiger partial charge in [-0.15, -0.1) is 0 Å². The molecule has 0 aliphatic heterocycles. The first-order chi connectivity index (χ1) is 7.70. The predicted octanol–water partition coefficient (Wildman–Crippen LogP) is 2.50. The van der Waals surface area contributed by atoms with Crippen LogP contribution in [0.15, 0.2) is 36.7 Å². The third-order valence-corrected chi connectivity index (χ3v) is 2.35. The van der Waals surface area contributed by atoms with E-state index in [-0.39, 0.29) is 5.56 Å². The summed E-state index contributed by atoms with van der Waals surface area (Å²) in [5.74, 6) is -0.740. The molecule has 1 heterocycles. The van der Waals surface area contributed by atoms with Crippen LogP contribution in [0.4, 0.5) is 0 Å². The van der Waals surface area contributed by atoms with Gasteiger partial charge in [0.15, 0.2) is 5.82 Å². The molecule has 0 aliphatic rings. The summed E-state index contributed by atoms with van der Waals surface area (Å²) >= 11 is 5.96. The molecule has 0 aliphatic carbocycles.